The molecule has 0 bridgehead atoms. The minimum Gasteiger partial charge on any atom is -0.449 e. The highest BCUT2D eigenvalue weighted by molar-refractivity contribution is 6.35. The molecule has 8 heteroatoms. The van der Waals surface area contributed by atoms with Gasteiger partial charge in [0.25, 0.3) is 5.91 Å². The van der Waals surface area contributed by atoms with Crippen molar-refractivity contribution in [3.8, 4) is 11.3 Å². The molecule has 0 saturated carbocycles. The topological polar surface area (TPSA) is 88.8 Å². The smallest absolute Gasteiger partial charge is 0.409 e. The van der Waals surface area contributed by atoms with E-state index in [0.29, 0.717) is 35.8 Å². The summed E-state index contributed by atoms with van der Waals surface area (Å²) in [5.74, 6) is -0.202. The van der Waals surface area contributed by atoms with Gasteiger partial charge >= 0.3 is 6.09 Å². The number of aromatic nitrogens is 1. The molecule has 3 aromatic rings. The van der Waals surface area contributed by atoms with Gasteiger partial charge in [0.2, 0.25) is 0 Å². The summed E-state index contributed by atoms with van der Waals surface area (Å²) in [6, 6.07) is 16.9. The number of rotatable bonds is 5. The van der Waals surface area contributed by atoms with Crippen LogP contribution in [0, 0.1) is 0 Å². The van der Waals surface area contributed by atoms with E-state index in [9.17, 15) is 9.59 Å². The van der Waals surface area contributed by atoms with E-state index in [1.807, 2.05) is 43.3 Å². The molecule has 0 aliphatic carbocycles. The molecule has 33 heavy (non-hydrogen) atoms. The average molecular weight is 467 g/mol. The average Bonchev–Trinajstić information content (AvgIpc) is 2.83. The highest BCUT2D eigenvalue weighted by atomic mass is 35.5. The van der Waals surface area contributed by atoms with Gasteiger partial charge < -0.3 is 20.3 Å². The number of unbranched alkanes of at least 4 members (excludes halogenated alkanes) is 1. The summed E-state index contributed by atoms with van der Waals surface area (Å²) in [5, 5.41) is 1.35. The summed E-state index contributed by atoms with van der Waals surface area (Å²) in [7, 11) is 0. The van der Waals surface area contributed by atoms with Crippen molar-refractivity contribution in [1.82, 2.24) is 14.8 Å². The van der Waals surface area contributed by atoms with Crippen LogP contribution in [-0.2, 0) is 4.74 Å². The van der Waals surface area contributed by atoms with Crippen LogP contribution in [0.4, 0.5) is 4.79 Å². The molecular formula is C25H27ClN4O3. The predicted octanol–water partition coefficient (Wildman–Crippen LogP) is 4.53. The number of carbonyl (C=O) groups excluding carboxylic acids is 2. The van der Waals surface area contributed by atoms with Gasteiger partial charge in [0.1, 0.15) is 0 Å². The monoisotopic (exact) mass is 466 g/mol. The molecule has 172 valence electrons. The second-order valence-electron chi connectivity index (χ2n) is 8.07. The normalized spacial score (nSPS) is 16.2. The van der Waals surface area contributed by atoms with Gasteiger partial charge in [-0.3, -0.25) is 4.79 Å². The van der Waals surface area contributed by atoms with Crippen LogP contribution >= 0.6 is 11.6 Å². The zero-order chi connectivity index (χ0) is 23.4. The molecule has 1 aromatic heterocycles. The van der Waals surface area contributed by atoms with Crippen molar-refractivity contribution in [2.24, 2.45) is 5.73 Å². The van der Waals surface area contributed by atoms with Crippen molar-refractivity contribution in [1.29, 1.82) is 0 Å². The highest BCUT2D eigenvalue weighted by Gasteiger charge is 2.31. The molecule has 2 aromatic carbocycles. The van der Waals surface area contributed by atoms with E-state index in [2.05, 4.69) is 0 Å². The first-order chi connectivity index (χ1) is 16.0. The Labute approximate surface area is 198 Å². The summed E-state index contributed by atoms with van der Waals surface area (Å²) in [4.78, 5) is 33.3. The quantitative estimate of drug-likeness (QED) is 0.558. The van der Waals surface area contributed by atoms with E-state index < -0.39 is 6.17 Å². The number of ether oxygens (including phenoxy) is 1. The molecule has 7 nitrogen and oxygen atoms in total. The van der Waals surface area contributed by atoms with Crippen LogP contribution in [-0.4, -0.2) is 59.2 Å². The van der Waals surface area contributed by atoms with Gasteiger partial charge in [-0.05, 0) is 24.6 Å². The van der Waals surface area contributed by atoms with Crippen molar-refractivity contribution in [2.75, 3.05) is 26.2 Å². The molecule has 2 heterocycles. The Morgan fingerprint density at radius 1 is 1.15 bits per heavy atom. The molecule has 1 saturated heterocycles. The number of piperazine rings is 1. The standard InChI is InChI=1S/C25H27ClN4O3/c1-2-3-13-33-25(32)29-11-12-30(23(27)16-29)24(31)18-9-10-19-20(26)15-21(28-22(19)14-18)17-7-5-4-6-8-17/h4-10,14-15,23H,2-3,11-13,16,27H2,1H3/t23-/m0/s1. The number of nitrogens with zero attached hydrogens (tertiary/aromatic N) is 3. The minimum absolute atomic E-state index is 0.202. The first-order valence-corrected chi connectivity index (χ1v) is 11.5. The molecule has 1 atom stereocenters. The van der Waals surface area contributed by atoms with Gasteiger partial charge in [0, 0.05) is 29.6 Å². The third kappa shape index (κ3) is 5.10. The number of pyridine rings is 1. The fourth-order valence-electron chi connectivity index (χ4n) is 3.86. The first-order valence-electron chi connectivity index (χ1n) is 11.1. The number of halogens is 1. The number of hydrogen-bond acceptors (Lipinski definition) is 5. The molecule has 1 aliphatic rings. The van der Waals surface area contributed by atoms with Gasteiger partial charge in [-0.15, -0.1) is 0 Å². The largest absolute Gasteiger partial charge is 0.449 e. The third-order valence-electron chi connectivity index (χ3n) is 5.74. The Bertz CT molecular complexity index is 1160. The maximum atomic E-state index is 13.2. The second kappa shape index (κ2) is 10.2. The SMILES string of the molecule is CCCCOC(=O)N1CCN(C(=O)c2ccc3c(Cl)cc(-c4ccccc4)nc3c2)[C@H](N)C1. The Morgan fingerprint density at radius 2 is 1.94 bits per heavy atom. The Hall–Kier alpha value is -3.16. The summed E-state index contributed by atoms with van der Waals surface area (Å²) < 4.78 is 5.26. The van der Waals surface area contributed by atoms with Gasteiger partial charge in [-0.2, -0.15) is 0 Å². The van der Waals surface area contributed by atoms with E-state index in [-0.39, 0.29) is 18.5 Å². The Balaban J connectivity index is 1.52. The molecule has 2 amide bonds. The summed E-state index contributed by atoms with van der Waals surface area (Å²) in [6.45, 7) is 3.36. The lowest BCUT2D eigenvalue weighted by atomic mass is 10.1. The van der Waals surface area contributed by atoms with Crippen molar-refractivity contribution in [3.05, 3.63) is 65.2 Å². The number of nitrogens with two attached hydrogens (primary N) is 1. The summed E-state index contributed by atoms with van der Waals surface area (Å²) >= 11 is 6.50. The van der Waals surface area contributed by atoms with E-state index in [0.717, 1.165) is 29.5 Å². The van der Waals surface area contributed by atoms with Crippen molar-refractivity contribution < 1.29 is 14.3 Å². The summed E-state index contributed by atoms with van der Waals surface area (Å²) in [5.41, 5.74) is 9.06. The van der Waals surface area contributed by atoms with Crippen LogP contribution < -0.4 is 5.73 Å². The number of carbonyl (C=O) groups is 2. The lowest BCUT2D eigenvalue weighted by Crippen LogP contribution is -2.60. The van der Waals surface area contributed by atoms with E-state index in [1.165, 1.54) is 0 Å². The fraction of sp³-hybridized carbons (Fsp3) is 0.320. The maximum absolute atomic E-state index is 13.2. The molecule has 1 fully saturated rings. The van der Waals surface area contributed by atoms with E-state index in [4.69, 9.17) is 27.1 Å². The van der Waals surface area contributed by atoms with Crippen molar-refractivity contribution >= 4 is 34.5 Å². The van der Waals surface area contributed by atoms with E-state index in [1.54, 1.807) is 28.0 Å². The van der Waals surface area contributed by atoms with Gasteiger partial charge in [-0.25, -0.2) is 9.78 Å². The fourth-order valence-corrected chi connectivity index (χ4v) is 4.13. The molecule has 0 spiro atoms. The van der Waals surface area contributed by atoms with Crippen molar-refractivity contribution in [3.63, 3.8) is 0 Å². The number of benzene rings is 2. The molecule has 2 N–H and O–H groups in total. The molecule has 0 unspecified atom stereocenters. The van der Waals surface area contributed by atoms with Crippen LogP contribution in [0.2, 0.25) is 5.02 Å². The second-order valence-corrected chi connectivity index (χ2v) is 8.47. The van der Waals surface area contributed by atoms with Crippen LogP contribution in [0.3, 0.4) is 0 Å². The van der Waals surface area contributed by atoms with Crippen molar-refractivity contribution in [2.45, 2.75) is 25.9 Å². The Morgan fingerprint density at radius 3 is 2.67 bits per heavy atom. The number of amides is 2. The predicted molar refractivity (Wildman–Crippen MR) is 129 cm³/mol. The van der Waals surface area contributed by atoms with Gasteiger partial charge in [0.15, 0.2) is 0 Å². The lowest BCUT2D eigenvalue weighted by molar-refractivity contribution is 0.0389. The highest BCUT2D eigenvalue weighted by Crippen LogP contribution is 2.29. The lowest BCUT2D eigenvalue weighted by Gasteiger charge is -2.39. The van der Waals surface area contributed by atoms with Crippen LogP contribution in [0.1, 0.15) is 30.1 Å². The first kappa shape index (κ1) is 23.0. The van der Waals surface area contributed by atoms with E-state index >= 15 is 0 Å². The third-order valence-corrected chi connectivity index (χ3v) is 6.05. The molecule has 4 rings (SSSR count). The Kier molecular flexibility index (Phi) is 7.11. The molecular weight excluding hydrogens is 440 g/mol. The maximum Gasteiger partial charge on any atom is 0.409 e. The zero-order valence-electron chi connectivity index (χ0n) is 18.5. The number of fused-ring (bicyclic) bond motifs is 1. The van der Waals surface area contributed by atoms with Crippen LogP contribution in [0.25, 0.3) is 22.2 Å². The van der Waals surface area contributed by atoms with Gasteiger partial charge in [-0.1, -0.05) is 61.3 Å². The zero-order valence-corrected chi connectivity index (χ0v) is 19.3. The number of hydrogen-bond donors (Lipinski definition) is 1. The van der Waals surface area contributed by atoms with Crippen LogP contribution in [0.5, 0.6) is 0 Å². The summed E-state index contributed by atoms with van der Waals surface area (Å²) in [6.07, 6.45) is 0.771. The minimum atomic E-state index is -0.618. The molecule has 0 radical (unpaired) electrons. The van der Waals surface area contributed by atoms with Gasteiger partial charge in [0.05, 0.1) is 35.6 Å². The van der Waals surface area contributed by atoms with Crippen LogP contribution in [0.15, 0.2) is 54.6 Å². The molecule has 1 aliphatic heterocycles.